The number of aromatic nitrogens is 2. The van der Waals surface area contributed by atoms with Crippen LogP contribution in [0.2, 0.25) is 5.02 Å². The highest BCUT2D eigenvalue weighted by Gasteiger charge is 2.25. The van der Waals surface area contributed by atoms with Gasteiger partial charge in [-0.15, -0.1) is 0 Å². The standard InChI is InChI=1S/C13H15BrClN3O2/c1-7-4-10-11(5-9(7)15)18(13(14)16-10)8-2-3-12(17-19)20-6-8/h4-5,8,12,17,19H,2-3,6H2,1H3/t8-,12?/m0/s1. The van der Waals surface area contributed by atoms with E-state index in [4.69, 9.17) is 21.5 Å². The second-order valence-corrected chi connectivity index (χ2v) is 6.14. The lowest BCUT2D eigenvalue weighted by Crippen LogP contribution is -2.36. The molecule has 1 saturated heterocycles. The Labute approximate surface area is 130 Å². The van der Waals surface area contributed by atoms with Crippen LogP contribution in [0.4, 0.5) is 0 Å². The first-order chi connectivity index (χ1) is 9.60. The highest BCUT2D eigenvalue weighted by Crippen LogP contribution is 2.32. The SMILES string of the molecule is Cc1cc2nc(Br)n([C@H]3CCC(NO)OC3)c2cc1Cl. The summed E-state index contributed by atoms with van der Waals surface area (Å²) in [7, 11) is 0. The van der Waals surface area contributed by atoms with E-state index in [1.807, 2.05) is 19.1 Å². The van der Waals surface area contributed by atoms with E-state index in [0.29, 0.717) is 6.61 Å². The Morgan fingerprint density at radius 3 is 2.95 bits per heavy atom. The minimum absolute atomic E-state index is 0.178. The van der Waals surface area contributed by atoms with Gasteiger partial charge in [0.15, 0.2) is 4.73 Å². The normalized spacial score (nSPS) is 23.4. The summed E-state index contributed by atoms with van der Waals surface area (Å²) in [5, 5.41) is 9.61. The molecule has 0 aliphatic carbocycles. The first kappa shape index (κ1) is 14.3. The Morgan fingerprint density at radius 2 is 2.30 bits per heavy atom. The van der Waals surface area contributed by atoms with Crippen LogP contribution < -0.4 is 5.48 Å². The zero-order valence-electron chi connectivity index (χ0n) is 10.9. The molecule has 1 unspecified atom stereocenters. The molecule has 0 spiro atoms. The molecule has 7 heteroatoms. The van der Waals surface area contributed by atoms with E-state index in [2.05, 4.69) is 31.0 Å². The number of fused-ring (bicyclic) bond motifs is 1. The van der Waals surface area contributed by atoms with Gasteiger partial charge >= 0.3 is 0 Å². The van der Waals surface area contributed by atoms with Gasteiger partial charge in [-0.2, -0.15) is 5.48 Å². The molecule has 2 aromatic rings. The molecule has 0 saturated carbocycles. The third-order valence-corrected chi connectivity index (χ3v) is 4.65. The van der Waals surface area contributed by atoms with E-state index in [9.17, 15) is 0 Å². The summed E-state index contributed by atoms with van der Waals surface area (Å²) in [6, 6.07) is 4.11. The molecule has 2 heterocycles. The lowest BCUT2D eigenvalue weighted by atomic mass is 10.1. The predicted molar refractivity (Wildman–Crippen MR) is 80.1 cm³/mol. The largest absolute Gasteiger partial charge is 0.359 e. The van der Waals surface area contributed by atoms with Crippen LogP contribution in [-0.4, -0.2) is 27.6 Å². The number of hydrogen-bond donors (Lipinski definition) is 2. The van der Waals surface area contributed by atoms with Crippen LogP contribution in [0.15, 0.2) is 16.9 Å². The molecule has 1 fully saturated rings. The Bertz CT molecular complexity index is 638. The maximum absolute atomic E-state index is 8.88. The van der Waals surface area contributed by atoms with Gasteiger partial charge in [0.05, 0.1) is 23.7 Å². The van der Waals surface area contributed by atoms with Crippen molar-refractivity contribution in [2.45, 2.75) is 32.0 Å². The second-order valence-electron chi connectivity index (χ2n) is 5.02. The number of ether oxygens (including phenoxy) is 1. The quantitative estimate of drug-likeness (QED) is 0.806. The number of benzene rings is 1. The van der Waals surface area contributed by atoms with E-state index in [0.717, 1.165) is 39.2 Å². The fraction of sp³-hybridized carbons (Fsp3) is 0.462. The average molecular weight is 361 g/mol. The van der Waals surface area contributed by atoms with Crippen molar-refractivity contribution in [2.75, 3.05) is 6.61 Å². The number of halogens is 2. The molecular formula is C13H15BrClN3O2. The van der Waals surface area contributed by atoms with Gasteiger partial charge < -0.3 is 14.5 Å². The van der Waals surface area contributed by atoms with Crippen LogP contribution >= 0.6 is 27.5 Å². The molecule has 0 amide bonds. The van der Waals surface area contributed by atoms with Crippen LogP contribution in [0, 0.1) is 6.92 Å². The maximum Gasteiger partial charge on any atom is 0.178 e. The van der Waals surface area contributed by atoms with Crippen molar-refractivity contribution < 1.29 is 9.94 Å². The molecule has 2 N–H and O–H groups in total. The van der Waals surface area contributed by atoms with Gasteiger partial charge in [-0.05, 0) is 53.4 Å². The fourth-order valence-corrected chi connectivity index (χ4v) is 3.41. The molecule has 1 aromatic heterocycles. The lowest BCUT2D eigenvalue weighted by Gasteiger charge is -2.29. The van der Waals surface area contributed by atoms with Gasteiger partial charge in [0, 0.05) is 5.02 Å². The van der Waals surface area contributed by atoms with Crippen LogP contribution in [0.5, 0.6) is 0 Å². The van der Waals surface area contributed by atoms with Gasteiger partial charge in [-0.3, -0.25) is 0 Å². The zero-order valence-corrected chi connectivity index (χ0v) is 13.3. The number of nitrogens with zero attached hydrogens (tertiary/aromatic N) is 2. The van der Waals surface area contributed by atoms with Gasteiger partial charge in [0.1, 0.15) is 6.23 Å². The first-order valence-corrected chi connectivity index (χ1v) is 7.62. The van der Waals surface area contributed by atoms with E-state index in [1.165, 1.54) is 0 Å². The number of nitrogens with one attached hydrogen (secondary N) is 1. The monoisotopic (exact) mass is 359 g/mol. The summed E-state index contributed by atoms with van der Waals surface area (Å²) in [5.74, 6) is 0. The molecule has 2 atom stereocenters. The maximum atomic E-state index is 8.88. The second kappa shape index (κ2) is 5.61. The van der Waals surface area contributed by atoms with Gasteiger partial charge in [0.25, 0.3) is 0 Å². The number of rotatable bonds is 2. The molecule has 1 aliphatic rings. The molecule has 5 nitrogen and oxygen atoms in total. The highest BCUT2D eigenvalue weighted by molar-refractivity contribution is 9.10. The van der Waals surface area contributed by atoms with Crippen molar-refractivity contribution in [3.05, 3.63) is 27.5 Å². The van der Waals surface area contributed by atoms with Crippen LogP contribution in [-0.2, 0) is 4.74 Å². The van der Waals surface area contributed by atoms with Crippen molar-refractivity contribution in [1.82, 2.24) is 15.0 Å². The summed E-state index contributed by atoms with van der Waals surface area (Å²) < 4.78 is 8.44. The van der Waals surface area contributed by atoms with Crippen LogP contribution in [0.1, 0.15) is 24.4 Å². The Balaban J connectivity index is 1.99. The molecule has 20 heavy (non-hydrogen) atoms. The average Bonchev–Trinajstić information content (AvgIpc) is 2.75. The molecule has 0 bridgehead atoms. The number of imidazole rings is 1. The van der Waals surface area contributed by atoms with Crippen molar-refractivity contribution in [3.8, 4) is 0 Å². The zero-order chi connectivity index (χ0) is 14.3. The fourth-order valence-electron chi connectivity index (χ4n) is 2.58. The third-order valence-electron chi connectivity index (χ3n) is 3.69. The van der Waals surface area contributed by atoms with Crippen molar-refractivity contribution in [3.63, 3.8) is 0 Å². The molecule has 108 valence electrons. The molecular weight excluding hydrogens is 346 g/mol. The Hall–Kier alpha value is -0.660. The lowest BCUT2D eigenvalue weighted by molar-refractivity contribution is -0.0903. The smallest absolute Gasteiger partial charge is 0.178 e. The van der Waals surface area contributed by atoms with E-state index < -0.39 is 0 Å². The molecule has 1 aliphatic heterocycles. The summed E-state index contributed by atoms with van der Waals surface area (Å²) >= 11 is 9.74. The minimum atomic E-state index is -0.286. The highest BCUT2D eigenvalue weighted by atomic mass is 79.9. The van der Waals surface area contributed by atoms with Crippen LogP contribution in [0.3, 0.4) is 0 Å². The predicted octanol–water partition coefficient (Wildman–Crippen LogP) is 3.42. The number of hydroxylamine groups is 1. The number of hydrogen-bond acceptors (Lipinski definition) is 4. The van der Waals surface area contributed by atoms with Gasteiger partial charge in [-0.25, -0.2) is 4.98 Å². The summed E-state index contributed by atoms with van der Waals surface area (Å²) in [4.78, 5) is 4.53. The van der Waals surface area contributed by atoms with Crippen molar-refractivity contribution >= 4 is 38.6 Å². The summed E-state index contributed by atoms with van der Waals surface area (Å²) in [5.41, 5.74) is 5.09. The first-order valence-electron chi connectivity index (χ1n) is 6.45. The van der Waals surface area contributed by atoms with E-state index in [1.54, 1.807) is 0 Å². The number of aryl methyl sites for hydroxylation is 1. The Kier molecular flexibility index (Phi) is 4.01. The topological polar surface area (TPSA) is 59.3 Å². The summed E-state index contributed by atoms with van der Waals surface area (Å²) in [6.45, 7) is 2.49. The van der Waals surface area contributed by atoms with Gasteiger partial charge in [0.2, 0.25) is 0 Å². The van der Waals surface area contributed by atoms with Crippen molar-refractivity contribution in [2.24, 2.45) is 0 Å². The van der Waals surface area contributed by atoms with Crippen molar-refractivity contribution in [1.29, 1.82) is 0 Å². The third kappa shape index (κ3) is 2.46. The van der Waals surface area contributed by atoms with E-state index in [-0.39, 0.29) is 12.3 Å². The van der Waals surface area contributed by atoms with Gasteiger partial charge in [-0.1, -0.05) is 11.6 Å². The van der Waals surface area contributed by atoms with Crippen LogP contribution in [0.25, 0.3) is 11.0 Å². The minimum Gasteiger partial charge on any atom is -0.359 e. The molecule has 3 rings (SSSR count). The molecule has 1 aromatic carbocycles. The Morgan fingerprint density at radius 1 is 1.50 bits per heavy atom. The molecule has 0 radical (unpaired) electrons. The summed E-state index contributed by atoms with van der Waals surface area (Å²) in [6.07, 6.45) is 1.35. The van der Waals surface area contributed by atoms with E-state index >= 15 is 0 Å².